The molecule has 1 aromatic heterocycles. The van der Waals surface area contributed by atoms with Crippen LogP contribution in [-0.4, -0.2) is 15.7 Å². The van der Waals surface area contributed by atoms with Gasteiger partial charge in [-0.1, -0.05) is 62.2 Å². The van der Waals surface area contributed by atoms with Crippen LogP contribution in [0.1, 0.15) is 11.1 Å². The smallest absolute Gasteiger partial charge is 0.229 e. The summed E-state index contributed by atoms with van der Waals surface area (Å²) in [6.07, 6.45) is 2.01. The average Bonchev–Trinajstić information content (AvgIpc) is 2.99. The maximum atomic E-state index is 12.3. The van der Waals surface area contributed by atoms with Crippen molar-refractivity contribution in [1.82, 2.24) is 9.78 Å². The number of amides is 1. The Bertz CT molecular complexity index is 843. The van der Waals surface area contributed by atoms with Gasteiger partial charge in [-0.2, -0.15) is 5.10 Å². The van der Waals surface area contributed by atoms with Crippen molar-refractivity contribution in [3.63, 3.8) is 0 Å². The lowest BCUT2D eigenvalue weighted by molar-refractivity contribution is -0.115. The van der Waals surface area contributed by atoms with E-state index >= 15 is 0 Å². The van der Waals surface area contributed by atoms with Gasteiger partial charge in [0.05, 0.1) is 19.2 Å². The number of halogens is 2. The Labute approximate surface area is 157 Å². The monoisotopic (exact) mass is 447 g/mol. The fourth-order valence-electron chi connectivity index (χ4n) is 2.33. The summed E-state index contributed by atoms with van der Waals surface area (Å²) >= 11 is 6.93. The largest absolute Gasteiger partial charge is 0.311 e. The van der Waals surface area contributed by atoms with E-state index in [-0.39, 0.29) is 5.91 Å². The van der Waals surface area contributed by atoms with Gasteiger partial charge in [-0.15, -0.1) is 0 Å². The lowest BCUT2D eigenvalue weighted by atomic mass is 10.1. The molecule has 0 atom stereocenters. The maximum Gasteiger partial charge on any atom is 0.229 e. The van der Waals surface area contributed by atoms with E-state index in [2.05, 4.69) is 42.3 Å². The summed E-state index contributed by atoms with van der Waals surface area (Å²) in [7, 11) is 0. The normalized spacial score (nSPS) is 10.6. The minimum atomic E-state index is -0.0637. The van der Waals surface area contributed by atoms with E-state index in [0.717, 1.165) is 20.1 Å². The number of hydrogen-bond donors (Lipinski definition) is 1. The van der Waals surface area contributed by atoms with E-state index in [1.807, 2.05) is 48.5 Å². The average molecular weight is 449 g/mol. The quantitative estimate of drug-likeness (QED) is 0.618. The fourth-order valence-corrected chi connectivity index (χ4v) is 3.00. The van der Waals surface area contributed by atoms with E-state index < -0.39 is 0 Å². The van der Waals surface area contributed by atoms with Gasteiger partial charge in [0.25, 0.3) is 0 Å². The number of rotatable bonds is 5. The van der Waals surface area contributed by atoms with Crippen LogP contribution >= 0.6 is 31.9 Å². The van der Waals surface area contributed by atoms with Crippen LogP contribution < -0.4 is 5.32 Å². The summed E-state index contributed by atoms with van der Waals surface area (Å²) in [5.41, 5.74) is 2.07. The Morgan fingerprint density at radius 3 is 2.54 bits per heavy atom. The molecular weight excluding hydrogens is 434 g/mol. The van der Waals surface area contributed by atoms with Gasteiger partial charge in [0.2, 0.25) is 5.91 Å². The second kappa shape index (κ2) is 7.77. The molecule has 0 saturated heterocycles. The van der Waals surface area contributed by atoms with Crippen molar-refractivity contribution in [1.29, 1.82) is 0 Å². The summed E-state index contributed by atoms with van der Waals surface area (Å²) in [5.74, 6) is 0.624. The number of anilines is 1. The molecule has 6 heteroatoms. The highest BCUT2D eigenvalue weighted by molar-refractivity contribution is 9.10. The van der Waals surface area contributed by atoms with Crippen LogP contribution in [0.4, 0.5) is 5.82 Å². The molecular formula is C18H15Br2N3O. The molecule has 0 radical (unpaired) electrons. The van der Waals surface area contributed by atoms with Gasteiger partial charge in [-0.25, -0.2) is 4.68 Å². The Balaban J connectivity index is 1.68. The zero-order chi connectivity index (χ0) is 16.9. The van der Waals surface area contributed by atoms with E-state index in [1.165, 1.54) is 0 Å². The summed E-state index contributed by atoms with van der Waals surface area (Å²) in [5, 5.41) is 7.23. The molecule has 122 valence electrons. The molecule has 0 saturated carbocycles. The molecule has 0 unspecified atom stereocenters. The predicted octanol–water partition coefficient (Wildman–Crippen LogP) is 4.64. The molecule has 3 aromatic rings. The zero-order valence-corrected chi connectivity index (χ0v) is 15.9. The number of aromatic nitrogens is 2. The molecule has 1 heterocycles. The number of hydrogen-bond acceptors (Lipinski definition) is 2. The second-order valence-corrected chi connectivity index (χ2v) is 7.09. The second-order valence-electron chi connectivity index (χ2n) is 5.32. The summed E-state index contributed by atoms with van der Waals surface area (Å²) < 4.78 is 3.80. The number of carbonyl (C=O) groups excluding carboxylic acids is 1. The predicted molar refractivity (Wildman–Crippen MR) is 102 cm³/mol. The van der Waals surface area contributed by atoms with Gasteiger partial charge < -0.3 is 5.32 Å². The van der Waals surface area contributed by atoms with Crippen molar-refractivity contribution in [3.05, 3.63) is 80.9 Å². The summed E-state index contributed by atoms with van der Waals surface area (Å²) in [6.45, 7) is 0.586. The van der Waals surface area contributed by atoms with Crippen molar-refractivity contribution in [3.8, 4) is 0 Å². The third kappa shape index (κ3) is 4.33. The SMILES string of the molecule is O=C(Cc1ccc(Br)cc1)Nc1ccnn1Cc1ccccc1Br. The fraction of sp³-hybridized carbons (Fsp3) is 0.111. The van der Waals surface area contributed by atoms with Crippen LogP contribution in [0.2, 0.25) is 0 Å². The van der Waals surface area contributed by atoms with Gasteiger partial charge in [-0.3, -0.25) is 4.79 Å². The summed E-state index contributed by atoms with van der Waals surface area (Å²) in [4.78, 5) is 12.3. The minimum absolute atomic E-state index is 0.0637. The molecule has 0 spiro atoms. The molecule has 3 rings (SSSR count). The van der Waals surface area contributed by atoms with Crippen molar-refractivity contribution in [2.24, 2.45) is 0 Å². The van der Waals surface area contributed by atoms with Crippen molar-refractivity contribution >= 4 is 43.6 Å². The first-order chi connectivity index (χ1) is 11.6. The number of benzene rings is 2. The molecule has 0 aliphatic rings. The molecule has 2 aromatic carbocycles. The first-order valence-electron chi connectivity index (χ1n) is 7.41. The molecule has 0 fully saturated rings. The highest BCUT2D eigenvalue weighted by Gasteiger charge is 2.09. The minimum Gasteiger partial charge on any atom is -0.311 e. The lowest BCUT2D eigenvalue weighted by Gasteiger charge is -2.10. The van der Waals surface area contributed by atoms with Gasteiger partial charge in [0, 0.05) is 15.0 Å². The van der Waals surface area contributed by atoms with Crippen LogP contribution in [0.5, 0.6) is 0 Å². The number of nitrogens with zero attached hydrogens (tertiary/aromatic N) is 2. The van der Waals surface area contributed by atoms with Gasteiger partial charge >= 0.3 is 0 Å². The van der Waals surface area contributed by atoms with E-state index in [4.69, 9.17) is 0 Å². The van der Waals surface area contributed by atoms with Crippen LogP contribution in [0.3, 0.4) is 0 Å². The molecule has 24 heavy (non-hydrogen) atoms. The van der Waals surface area contributed by atoms with E-state index in [0.29, 0.717) is 18.8 Å². The Hall–Kier alpha value is -1.92. The van der Waals surface area contributed by atoms with Crippen molar-refractivity contribution in [2.75, 3.05) is 5.32 Å². The zero-order valence-electron chi connectivity index (χ0n) is 12.7. The van der Waals surface area contributed by atoms with Gasteiger partial charge in [-0.05, 0) is 29.3 Å². The van der Waals surface area contributed by atoms with Gasteiger partial charge in [0.15, 0.2) is 0 Å². The van der Waals surface area contributed by atoms with Crippen LogP contribution in [0.15, 0.2) is 69.7 Å². The molecule has 0 bridgehead atoms. The molecule has 4 nitrogen and oxygen atoms in total. The first-order valence-corrected chi connectivity index (χ1v) is 9.00. The van der Waals surface area contributed by atoms with Crippen LogP contribution in [-0.2, 0) is 17.8 Å². The summed E-state index contributed by atoms with van der Waals surface area (Å²) in [6, 6.07) is 17.5. The molecule has 1 amide bonds. The highest BCUT2D eigenvalue weighted by Crippen LogP contribution is 2.19. The Morgan fingerprint density at radius 1 is 1.04 bits per heavy atom. The van der Waals surface area contributed by atoms with E-state index in [1.54, 1.807) is 16.9 Å². The number of nitrogens with one attached hydrogen (secondary N) is 1. The van der Waals surface area contributed by atoms with Crippen molar-refractivity contribution in [2.45, 2.75) is 13.0 Å². The van der Waals surface area contributed by atoms with Crippen molar-refractivity contribution < 1.29 is 4.79 Å². The van der Waals surface area contributed by atoms with Crippen LogP contribution in [0.25, 0.3) is 0 Å². The highest BCUT2D eigenvalue weighted by atomic mass is 79.9. The third-order valence-electron chi connectivity index (χ3n) is 3.54. The Morgan fingerprint density at radius 2 is 1.79 bits per heavy atom. The standard InChI is InChI=1S/C18H15Br2N3O/c19-15-7-5-13(6-8-15)11-18(24)22-17-9-10-21-23(17)12-14-3-1-2-4-16(14)20/h1-10H,11-12H2,(H,22,24). The molecule has 0 aliphatic carbocycles. The molecule has 0 aliphatic heterocycles. The first kappa shape index (κ1) is 16.9. The maximum absolute atomic E-state index is 12.3. The third-order valence-corrected chi connectivity index (χ3v) is 4.84. The number of carbonyl (C=O) groups is 1. The van der Waals surface area contributed by atoms with E-state index in [9.17, 15) is 4.79 Å². The Kier molecular flexibility index (Phi) is 5.48. The lowest BCUT2D eigenvalue weighted by Crippen LogP contribution is -2.18. The topological polar surface area (TPSA) is 46.9 Å². The molecule has 1 N–H and O–H groups in total. The van der Waals surface area contributed by atoms with Crippen LogP contribution in [0, 0.1) is 0 Å². The van der Waals surface area contributed by atoms with Gasteiger partial charge in [0.1, 0.15) is 5.82 Å².